The van der Waals surface area contributed by atoms with Crippen LogP contribution in [0.4, 0.5) is 4.39 Å². The number of rotatable bonds is 2. The van der Waals surface area contributed by atoms with Crippen molar-refractivity contribution in [3.63, 3.8) is 0 Å². The van der Waals surface area contributed by atoms with Gasteiger partial charge in [0.1, 0.15) is 5.82 Å². The Hall–Kier alpha value is -1.39. The molecule has 96 valence electrons. The maximum absolute atomic E-state index is 14.4. The molecule has 0 saturated carbocycles. The van der Waals surface area contributed by atoms with Crippen LogP contribution in [0.5, 0.6) is 0 Å². The van der Waals surface area contributed by atoms with Crippen molar-refractivity contribution in [2.24, 2.45) is 0 Å². The van der Waals surface area contributed by atoms with Gasteiger partial charge in [0.15, 0.2) is 0 Å². The lowest BCUT2D eigenvalue weighted by Crippen LogP contribution is -2.43. The molecule has 2 aromatic rings. The second-order valence-electron chi connectivity index (χ2n) is 4.98. The molecule has 2 heterocycles. The molecule has 1 aromatic heterocycles. The molecular weight excluding hydrogens is 229 g/mol. The Bertz CT molecular complexity index is 555. The number of piperazine rings is 1. The first kappa shape index (κ1) is 11.7. The maximum Gasteiger partial charge on any atom is 0.137 e. The number of aryl methyl sites for hydroxylation is 1. The third-order valence-corrected chi connectivity index (χ3v) is 3.56. The lowest BCUT2D eigenvalue weighted by atomic mass is 10.1. The maximum atomic E-state index is 14.4. The van der Waals surface area contributed by atoms with Crippen LogP contribution in [0.3, 0.4) is 0 Å². The highest BCUT2D eigenvalue weighted by molar-refractivity contribution is 5.81. The highest BCUT2D eigenvalue weighted by Crippen LogP contribution is 2.22. The first-order chi connectivity index (χ1) is 8.74. The SMILES string of the molecule is Cc1cc2c(F)c(CN3CCNCC3)ccc2[nH]1. The molecule has 0 spiro atoms. The zero-order valence-corrected chi connectivity index (χ0v) is 10.6. The van der Waals surface area contributed by atoms with Gasteiger partial charge in [-0.05, 0) is 19.1 Å². The fraction of sp³-hybridized carbons (Fsp3) is 0.429. The summed E-state index contributed by atoms with van der Waals surface area (Å²) in [5.41, 5.74) is 2.68. The minimum Gasteiger partial charge on any atom is -0.359 e. The quantitative estimate of drug-likeness (QED) is 0.850. The Kier molecular flexibility index (Phi) is 3.06. The van der Waals surface area contributed by atoms with Crippen molar-refractivity contribution < 1.29 is 4.39 Å². The van der Waals surface area contributed by atoms with Gasteiger partial charge in [0.25, 0.3) is 0 Å². The number of halogens is 1. The summed E-state index contributed by atoms with van der Waals surface area (Å²) in [7, 11) is 0. The molecule has 0 amide bonds. The molecule has 2 N–H and O–H groups in total. The van der Waals surface area contributed by atoms with E-state index < -0.39 is 0 Å². The van der Waals surface area contributed by atoms with Crippen molar-refractivity contribution in [1.82, 2.24) is 15.2 Å². The summed E-state index contributed by atoms with van der Waals surface area (Å²) in [6.45, 7) is 6.62. The van der Waals surface area contributed by atoms with Gasteiger partial charge in [-0.1, -0.05) is 6.07 Å². The molecule has 1 fully saturated rings. The first-order valence-electron chi connectivity index (χ1n) is 6.44. The summed E-state index contributed by atoms with van der Waals surface area (Å²) >= 11 is 0. The highest BCUT2D eigenvalue weighted by Gasteiger charge is 2.14. The predicted octanol–water partition coefficient (Wildman–Crippen LogP) is 2.02. The molecule has 0 radical (unpaired) electrons. The lowest BCUT2D eigenvalue weighted by molar-refractivity contribution is 0.230. The third-order valence-electron chi connectivity index (χ3n) is 3.56. The zero-order chi connectivity index (χ0) is 12.5. The second-order valence-corrected chi connectivity index (χ2v) is 4.98. The number of aromatic nitrogens is 1. The van der Waals surface area contributed by atoms with Crippen molar-refractivity contribution in [1.29, 1.82) is 0 Å². The van der Waals surface area contributed by atoms with E-state index in [9.17, 15) is 4.39 Å². The van der Waals surface area contributed by atoms with E-state index in [4.69, 9.17) is 0 Å². The summed E-state index contributed by atoms with van der Waals surface area (Å²) < 4.78 is 14.4. The van der Waals surface area contributed by atoms with Crippen molar-refractivity contribution >= 4 is 10.9 Å². The first-order valence-corrected chi connectivity index (χ1v) is 6.44. The third kappa shape index (κ3) is 2.13. The highest BCUT2D eigenvalue weighted by atomic mass is 19.1. The minimum atomic E-state index is -0.0737. The molecule has 0 atom stereocenters. The fourth-order valence-corrected chi connectivity index (χ4v) is 2.59. The molecule has 4 heteroatoms. The average molecular weight is 247 g/mol. The molecular formula is C14H18FN3. The molecule has 1 aromatic carbocycles. The topological polar surface area (TPSA) is 31.1 Å². The summed E-state index contributed by atoms with van der Waals surface area (Å²) in [6.07, 6.45) is 0. The van der Waals surface area contributed by atoms with Crippen molar-refractivity contribution in [2.75, 3.05) is 26.2 Å². The van der Waals surface area contributed by atoms with Crippen LogP contribution < -0.4 is 5.32 Å². The standard InChI is InChI=1S/C14H18FN3/c1-10-8-12-13(17-10)3-2-11(14(12)15)9-18-6-4-16-5-7-18/h2-3,8,16-17H,4-7,9H2,1H3. The van der Waals surface area contributed by atoms with Gasteiger partial charge in [-0.3, -0.25) is 4.90 Å². The number of hydrogen-bond donors (Lipinski definition) is 2. The number of hydrogen-bond acceptors (Lipinski definition) is 2. The number of aromatic amines is 1. The van der Waals surface area contributed by atoms with Crippen LogP contribution in [-0.2, 0) is 6.54 Å². The summed E-state index contributed by atoms with van der Waals surface area (Å²) in [6, 6.07) is 5.75. The Morgan fingerprint density at radius 1 is 1.28 bits per heavy atom. The van der Waals surface area contributed by atoms with E-state index in [0.717, 1.165) is 43.0 Å². The van der Waals surface area contributed by atoms with E-state index >= 15 is 0 Å². The Morgan fingerprint density at radius 2 is 2.06 bits per heavy atom. The smallest absolute Gasteiger partial charge is 0.137 e. The zero-order valence-electron chi connectivity index (χ0n) is 10.6. The minimum absolute atomic E-state index is 0.0737. The number of benzene rings is 1. The van der Waals surface area contributed by atoms with Gasteiger partial charge in [0, 0.05) is 54.9 Å². The molecule has 1 aliphatic rings. The van der Waals surface area contributed by atoms with E-state index in [-0.39, 0.29) is 5.82 Å². The lowest BCUT2D eigenvalue weighted by Gasteiger charge is -2.27. The average Bonchev–Trinajstić information content (AvgIpc) is 2.76. The van der Waals surface area contributed by atoms with Gasteiger partial charge >= 0.3 is 0 Å². The molecule has 3 nitrogen and oxygen atoms in total. The summed E-state index contributed by atoms with van der Waals surface area (Å²) in [5, 5.41) is 4.02. The van der Waals surface area contributed by atoms with E-state index in [2.05, 4.69) is 15.2 Å². The van der Waals surface area contributed by atoms with Gasteiger partial charge in [-0.15, -0.1) is 0 Å². The van der Waals surface area contributed by atoms with Crippen LogP contribution in [-0.4, -0.2) is 36.1 Å². The number of fused-ring (bicyclic) bond motifs is 1. The van der Waals surface area contributed by atoms with Gasteiger partial charge in [0.2, 0.25) is 0 Å². The molecule has 0 unspecified atom stereocenters. The summed E-state index contributed by atoms with van der Waals surface area (Å²) in [4.78, 5) is 5.46. The van der Waals surface area contributed by atoms with Crippen molar-refractivity contribution in [3.8, 4) is 0 Å². The van der Waals surface area contributed by atoms with Gasteiger partial charge < -0.3 is 10.3 Å². The van der Waals surface area contributed by atoms with Gasteiger partial charge in [-0.2, -0.15) is 0 Å². The number of nitrogens with one attached hydrogen (secondary N) is 2. The largest absolute Gasteiger partial charge is 0.359 e. The van der Waals surface area contributed by atoms with Crippen LogP contribution >= 0.6 is 0 Å². The van der Waals surface area contributed by atoms with E-state index in [0.29, 0.717) is 11.9 Å². The van der Waals surface area contributed by atoms with E-state index in [1.807, 2.05) is 25.1 Å². The fourth-order valence-electron chi connectivity index (χ4n) is 2.59. The Balaban J connectivity index is 1.89. The van der Waals surface area contributed by atoms with Crippen molar-refractivity contribution in [3.05, 3.63) is 35.3 Å². The molecule has 1 saturated heterocycles. The number of nitrogens with zero attached hydrogens (tertiary/aromatic N) is 1. The molecule has 0 aliphatic carbocycles. The van der Waals surface area contributed by atoms with Crippen LogP contribution in [0.15, 0.2) is 18.2 Å². The van der Waals surface area contributed by atoms with Crippen LogP contribution in [0.25, 0.3) is 10.9 Å². The second kappa shape index (κ2) is 4.71. The molecule has 3 rings (SSSR count). The molecule has 18 heavy (non-hydrogen) atoms. The summed E-state index contributed by atoms with van der Waals surface area (Å²) in [5.74, 6) is -0.0737. The molecule has 1 aliphatic heterocycles. The van der Waals surface area contributed by atoms with Crippen LogP contribution in [0.1, 0.15) is 11.3 Å². The van der Waals surface area contributed by atoms with E-state index in [1.165, 1.54) is 0 Å². The normalized spacial score (nSPS) is 17.4. The molecule has 0 bridgehead atoms. The van der Waals surface area contributed by atoms with Gasteiger partial charge in [0.05, 0.1) is 0 Å². The van der Waals surface area contributed by atoms with Crippen LogP contribution in [0.2, 0.25) is 0 Å². The Labute approximate surface area is 106 Å². The predicted molar refractivity (Wildman–Crippen MR) is 71.1 cm³/mol. The monoisotopic (exact) mass is 247 g/mol. The van der Waals surface area contributed by atoms with E-state index in [1.54, 1.807) is 0 Å². The number of H-pyrrole nitrogens is 1. The van der Waals surface area contributed by atoms with Crippen molar-refractivity contribution in [2.45, 2.75) is 13.5 Å². The Morgan fingerprint density at radius 3 is 2.83 bits per heavy atom. The van der Waals surface area contributed by atoms with Gasteiger partial charge in [-0.25, -0.2) is 4.39 Å². The van der Waals surface area contributed by atoms with Crippen LogP contribution in [0, 0.1) is 12.7 Å².